The number of hydrogen-bond donors (Lipinski definition) is 0. The van der Waals surface area contributed by atoms with Gasteiger partial charge in [0, 0.05) is 12.0 Å². The molecule has 0 amide bonds. The molecule has 1 unspecified atom stereocenters. The minimum absolute atomic E-state index is 0.602. The van der Waals surface area contributed by atoms with Crippen molar-refractivity contribution in [3.63, 3.8) is 0 Å². The van der Waals surface area contributed by atoms with Gasteiger partial charge in [-0.1, -0.05) is 42.3 Å². The standard InChI is InChI=1S/C16H14O2P/c1-2-3-9-14-10-7-8-13-16(14)18-19(17)15-11-5-4-6-12-15/h4-8,10-13H,9H2,1H3/q+1. The maximum Gasteiger partial charge on any atom is 0.597 e. The molecule has 0 bridgehead atoms. The Morgan fingerprint density at radius 2 is 1.74 bits per heavy atom. The van der Waals surface area contributed by atoms with Crippen LogP contribution >= 0.6 is 8.03 Å². The summed E-state index contributed by atoms with van der Waals surface area (Å²) in [6.45, 7) is 1.80. The fourth-order valence-electron chi connectivity index (χ4n) is 1.61. The van der Waals surface area contributed by atoms with E-state index in [1.54, 1.807) is 19.1 Å². The van der Waals surface area contributed by atoms with E-state index in [-0.39, 0.29) is 0 Å². The average Bonchev–Trinajstić information content (AvgIpc) is 2.47. The van der Waals surface area contributed by atoms with Crippen LogP contribution in [-0.4, -0.2) is 0 Å². The molecule has 94 valence electrons. The van der Waals surface area contributed by atoms with E-state index in [1.807, 2.05) is 42.5 Å². The second-order valence-corrected chi connectivity index (χ2v) is 5.11. The van der Waals surface area contributed by atoms with Crippen molar-refractivity contribution < 1.29 is 9.09 Å². The molecule has 0 aliphatic heterocycles. The molecule has 2 rings (SSSR count). The van der Waals surface area contributed by atoms with Crippen molar-refractivity contribution in [1.29, 1.82) is 0 Å². The summed E-state index contributed by atoms with van der Waals surface area (Å²) in [6, 6.07) is 16.7. The number of benzene rings is 2. The molecule has 0 saturated heterocycles. The van der Waals surface area contributed by atoms with E-state index in [0.717, 1.165) is 5.56 Å². The third-order valence-corrected chi connectivity index (χ3v) is 3.66. The summed E-state index contributed by atoms with van der Waals surface area (Å²) in [7, 11) is -1.88. The van der Waals surface area contributed by atoms with Gasteiger partial charge in [-0.3, -0.25) is 0 Å². The Balaban J connectivity index is 2.18. The van der Waals surface area contributed by atoms with E-state index in [9.17, 15) is 4.57 Å². The molecule has 0 heterocycles. The van der Waals surface area contributed by atoms with Crippen LogP contribution in [0.2, 0.25) is 0 Å². The van der Waals surface area contributed by atoms with E-state index < -0.39 is 8.03 Å². The first-order valence-corrected chi connectivity index (χ1v) is 7.17. The quantitative estimate of drug-likeness (QED) is 0.625. The van der Waals surface area contributed by atoms with E-state index in [4.69, 9.17) is 4.52 Å². The van der Waals surface area contributed by atoms with Crippen molar-refractivity contribution in [3.8, 4) is 17.6 Å². The third-order valence-electron chi connectivity index (χ3n) is 2.58. The highest BCUT2D eigenvalue weighted by molar-refractivity contribution is 7.48. The van der Waals surface area contributed by atoms with Crippen molar-refractivity contribution in [3.05, 3.63) is 60.2 Å². The van der Waals surface area contributed by atoms with Gasteiger partial charge in [-0.25, -0.2) is 4.52 Å². The Hall–Kier alpha value is -2.10. The largest absolute Gasteiger partial charge is 0.597 e. The molecular weight excluding hydrogens is 255 g/mol. The van der Waals surface area contributed by atoms with Crippen molar-refractivity contribution in [2.24, 2.45) is 0 Å². The van der Waals surface area contributed by atoms with Gasteiger partial charge in [-0.15, -0.1) is 5.92 Å². The van der Waals surface area contributed by atoms with Gasteiger partial charge in [0.15, 0.2) is 5.75 Å². The van der Waals surface area contributed by atoms with Gasteiger partial charge in [0.25, 0.3) is 0 Å². The highest BCUT2D eigenvalue weighted by atomic mass is 31.1. The first kappa shape index (κ1) is 13.3. The number of para-hydroxylation sites is 1. The lowest BCUT2D eigenvalue weighted by atomic mass is 10.1. The molecule has 0 aliphatic rings. The molecule has 0 spiro atoms. The third kappa shape index (κ3) is 3.68. The fraction of sp³-hybridized carbons (Fsp3) is 0.125. The molecule has 0 aliphatic carbocycles. The fourth-order valence-corrected chi connectivity index (χ4v) is 2.49. The van der Waals surface area contributed by atoms with Crippen molar-refractivity contribution in [2.75, 3.05) is 0 Å². The molecular formula is C16H14O2P+. The van der Waals surface area contributed by atoms with Crippen LogP contribution in [-0.2, 0) is 11.0 Å². The van der Waals surface area contributed by atoms with Gasteiger partial charge in [0.05, 0.1) is 0 Å². The van der Waals surface area contributed by atoms with Crippen LogP contribution < -0.4 is 9.83 Å². The number of rotatable bonds is 4. The Kier molecular flexibility index (Phi) is 4.72. The Morgan fingerprint density at radius 1 is 1.05 bits per heavy atom. The zero-order chi connectivity index (χ0) is 13.5. The van der Waals surface area contributed by atoms with E-state index >= 15 is 0 Å². The summed E-state index contributed by atoms with van der Waals surface area (Å²) in [4.78, 5) is 0. The van der Waals surface area contributed by atoms with E-state index in [1.165, 1.54) is 0 Å². The lowest BCUT2D eigenvalue weighted by Crippen LogP contribution is -1.99. The van der Waals surface area contributed by atoms with Crippen LogP contribution in [0.4, 0.5) is 0 Å². The molecule has 0 aromatic heterocycles. The SMILES string of the molecule is CC#CCc1ccccc1O[P+](=O)c1ccccc1. The summed E-state index contributed by atoms with van der Waals surface area (Å²) in [5, 5.41) is 0.689. The smallest absolute Gasteiger partial charge is 0.250 e. The van der Waals surface area contributed by atoms with Gasteiger partial charge in [-0.05, 0) is 29.7 Å². The van der Waals surface area contributed by atoms with Crippen molar-refractivity contribution in [2.45, 2.75) is 13.3 Å². The lowest BCUT2D eigenvalue weighted by Gasteiger charge is -2.00. The molecule has 2 aromatic rings. The van der Waals surface area contributed by atoms with Crippen LogP contribution in [0.3, 0.4) is 0 Å². The zero-order valence-electron chi connectivity index (χ0n) is 10.7. The van der Waals surface area contributed by atoms with E-state index in [0.29, 0.717) is 17.5 Å². The van der Waals surface area contributed by atoms with Crippen LogP contribution in [0, 0.1) is 11.8 Å². The van der Waals surface area contributed by atoms with Crippen molar-refractivity contribution >= 4 is 13.3 Å². The summed E-state index contributed by atoms with van der Waals surface area (Å²) in [5.74, 6) is 6.48. The number of hydrogen-bond acceptors (Lipinski definition) is 2. The monoisotopic (exact) mass is 269 g/mol. The van der Waals surface area contributed by atoms with Gasteiger partial charge in [-0.2, -0.15) is 0 Å². The normalized spacial score (nSPS) is 10.3. The maximum absolute atomic E-state index is 12.1. The first-order valence-electron chi connectivity index (χ1n) is 5.99. The first-order chi connectivity index (χ1) is 9.31. The average molecular weight is 269 g/mol. The zero-order valence-corrected chi connectivity index (χ0v) is 11.6. The Labute approximate surface area is 114 Å². The predicted octanol–water partition coefficient (Wildman–Crippen LogP) is 3.70. The summed E-state index contributed by atoms with van der Waals surface area (Å²) in [6.07, 6.45) is 0.602. The van der Waals surface area contributed by atoms with Crippen LogP contribution in [0.15, 0.2) is 54.6 Å². The molecule has 19 heavy (non-hydrogen) atoms. The molecule has 0 N–H and O–H groups in total. The molecule has 0 saturated carbocycles. The second-order valence-electron chi connectivity index (χ2n) is 3.90. The summed E-state index contributed by atoms with van der Waals surface area (Å²) >= 11 is 0. The van der Waals surface area contributed by atoms with Gasteiger partial charge >= 0.3 is 8.03 Å². The van der Waals surface area contributed by atoms with Crippen molar-refractivity contribution in [1.82, 2.24) is 0 Å². The molecule has 3 heteroatoms. The van der Waals surface area contributed by atoms with Gasteiger partial charge in [0.1, 0.15) is 0 Å². The van der Waals surface area contributed by atoms with Crippen LogP contribution in [0.25, 0.3) is 0 Å². The predicted molar refractivity (Wildman–Crippen MR) is 77.9 cm³/mol. The Bertz CT molecular complexity index is 624. The molecule has 1 atom stereocenters. The summed E-state index contributed by atoms with van der Waals surface area (Å²) < 4.78 is 17.7. The lowest BCUT2D eigenvalue weighted by molar-refractivity contribution is 0.512. The Morgan fingerprint density at radius 3 is 2.47 bits per heavy atom. The highest BCUT2D eigenvalue weighted by Crippen LogP contribution is 2.29. The minimum Gasteiger partial charge on any atom is -0.250 e. The van der Waals surface area contributed by atoms with Crippen LogP contribution in [0.1, 0.15) is 12.5 Å². The molecule has 0 radical (unpaired) electrons. The molecule has 2 nitrogen and oxygen atoms in total. The topological polar surface area (TPSA) is 26.3 Å². The van der Waals surface area contributed by atoms with Crippen LogP contribution in [0.5, 0.6) is 5.75 Å². The van der Waals surface area contributed by atoms with Gasteiger partial charge < -0.3 is 0 Å². The minimum atomic E-state index is -1.88. The molecule has 0 fully saturated rings. The highest BCUT2D eigenvalue weighted by Gasteiger charge is 2.24. The summed E-state index contributed by atoms with van der Waals surface area (Å²) in [5.41, 5.74) is 0.955. The van der Waals surface area contributed by atoms with E-state index in [2.05, 4.69) is 11.8 Å². The molecule has 2 aromatic carbocycles. The second kappa shape index (κ2) is 6.73. The maximum atomic E-state index is 12.1. The van der Waals surface area contributed by atoms with Gasteiger partial charge in [0.2, 0.25) is 5.30 Å².